The molecule has 0 atom stereocenters. The first-order chi connectivity index (χ1) is 4.79. The minimum atomic E-state index is 0.150. The Bertz CT molecular complexity index is 171. The topological polar surface area (TPSA) is 12.9 Å². The van der Waals surface area contributed by atoms with Gasteiger partial charge in [-0.2, -0.15) is 0 Å². The lowest BCUT2D eigenvalue weighted by Gasteiger charge is -1.70. The van der Waals surface area contributed by atoms with Crippen molar-refractivity contribution >= 4 is 0 Å². The van der Waals surface area contributed by atoms with Crippen LogP contribution >= 0.6 is 0 Å². The largest absolute Gasteiger partial charge is 0.265 e. The van der Waals surface area contributed by atoms with E-state index in [-0.39, 0.29) is 12.3 Å². The van der Waals surface area contributed by atoms with Gasteiger partial charge in [0.05, 0.1) is 2.74 Å². The van der Waals surface area contributed by atoms with Gasteiger partial charge in [0.15, 0.2) is 0 Å². The van der Waals surface area contributed by atoms with Crippen LogP contribution in [0, 0.1) is 0 Å². The SMILES string of the molecule is CC.[3H]c1cccc([3H])n1. The molecule has 1 nitrogen and oxygen atoms in total. The fourth-order valence-corrected chi connectivity index (χ4v) is 0.246. The maximum Gasteiger partial charge on any atom is 0.0840 e. The van der Waals surface area contributed by atoms with E-state index in [1.54, 1.807) is 6.07 Å². The summed E-state index contributed by atoms with van der Waals surface area (Å²) in [6.07, 6.45) is 0.301. The highest BCUT2D eigenvalue weighted by atomic mass is 14.6. The van der Waals surface area contributed by atoms with Crippen LogP contribution in [0.5, 0.6) is 0 Å². The molecule has 0 amide bonds. The van der Waals surface area contributed by atoms with Gasteiger partial charge in [-0.1, -0.05) is 19.9 Å². The van der Waals surface area contributed by atoms with Crippen molar-refractivity contribution in [1.29, 1.82) is 0 Å². The monoisotopic (exact) mass is 113 g/mol. The highest BCUT2D eigenvalue weighted by molar-refractivity contribution is 4.88. The number of nitrogens with zero attached hydrogens (tertiary/aromatic N) is 1. The third-order valence-corrected chi connectivity index (χ3v) is 0.471. The van der Waals surface area contributed by atoms with Gasteiger partial charge in [-0.15, -0.1) is 0 Å². The molecule has 0 saturated heterocycles. The van der Waals surface area contributed by atoms with E-state index in [1.165, 1.54) is 12.1 Å². The summed E-state index contributed by atoms with van der Waals surface area (Å²) in [6, 6.07) is 4.72. The summed E-state index contributed by atoms with van der Waals surface area (Å²) in [7, 11) is 0. The van der Waals surface area contributed by atoms with Crippen molar-refractivity contribution < 1.29 is 2.74 Å². The predicted octanol–water partition coefficient (Wildman–Crippen LogP) is 2.11. The van der Waals surface area contributed by atoms with Crippen molar-refractivity contribution in [2.45, 2.75) is 13.8 Å². The molecule has 1 aromatic heterocycles. The van der Waals surface area contributed by atoms with Gasteiger partial charge < -0.3 is 0 Å². The molecule has 44 valence electrons. The zero-order valence-corrected chi connectivity index (χ0v) is 5.18. The lowest BCUT2D eigenvalue weighted by molar-refractivity contribution is 1.33. The van der Waals surface area contributed by atoms with Crippen LogP contribution in [0.4, 0.5) is 0 Å². The third-order valence-electron chi connectivity index (χ3n) is 0.471. The fraction of sp³-hybridized carbons (Fsp3) is 0.286. The summed E-state index contributed by atoms with van der Waals surface area (Å²) in [4.78, 5) is 3.51. The molecule has 0 unspecified atom stereocenters. The first kappa shape index (κ1) is 4.07. The van der Waals surface area contributed by atoms with Crippen LogP contribution in [0.3, 0.4) is 0 Å². The quantitative estimate of drug-likeness (QED) is 0.502. The second kappa shape index (κ2) is 6.15. The number of pyridine rings is 1. The average molecular weight is 113 g/mol. The van der Waals surface area contributed by atoms with Crippen LogP contribution in [0.1, 0.15) is 16.6 Å². The maximum absolute atomic E-state index is 6.90. The zero-order valence-electron chi connectivity index (χ0n) is 7.18. The van der Waals surface area contributed by atoms with Gasteiger partial charge in [0.25, 0.3) is 0 Å². The minimum Gasteiger partial charge on any atom is -0.265 e. The predicted molar refractivity (Wildman–Crippen MR) is 35.6 cm³/mol. The van der Waals surface area contributed by atoms with Crippen LogP contribution < -0.4 is 0 Å². The number of rotatable bonds is 0. The molecule has 8 heavy (non-hydrogen) atoms. The first-order valence-electron chi connectivity index (χ1n) is 3.69. The Balaban J connectivity index is 0.000000371. The van der Waals surface area contributed by atoms with Crippen LogP contribution in [0.25, 0.3) is 0 Å². The molecular formula is C7H11N. The molecule has 0 fully saturated rings. The Morgan fingerprint density at radius 2 is 1.62 bits per heavy atom. The van der Waals surface area contributed by atoms with Gasteiger partial charge in [0.2, 0.25) is 0 Å². The molecular weight excluding hydrogens is 98.1 g/mol. The van der Waals surface area contributed by atoms with E-state index in [0.717, 1.165) is 0 Å². The normalized spacial score (nSPS) is 10.2. The van der Waals surface area contributed by atoms with Crippen molar-refractivity contribution in [3.8, 4) is 0 Å². The van der Waals surface area contributed by atoms with Crippen molar-refractivity contribution in [3.05, 3.63) is 30.5 Å². The van der Waals surface area contributed by atoms with Gasteiger partial charge in [-0.3, -0.25) is 4.98 Å². The summed E-state index contributed by atoms with van der Waals surface area (Å²) >= 11 is 0. The molecule has 0 aromatic carbocycles. The van der Waals surface area contributed by atoms with Crippen molar-refractivity contribution in [2.24, 2.45) is 0 Å². The molecule has 0 aliphatic rings. The molecule has 0 bridgehead atoms. The Kier molecular flexibility index (Phi) is 3.13. The van der Waals surface area contributed by atoms with Crippen LogP contribution in [0.15, 0.2) is 30.5 Å². The molecule has 1 rings (SSSR count). The molecule has 0 aliphatic carbocycles. The Labute approximate surface area is 53.2 Å². The summed E-state index contributed by atoms with van der Waals surface area (Å²) < 4.78 is 13.8. The fourth-order valence-electron chi connectivity index (χ4n) is 0.246. The van der Waals surface area contributed by atoms with Crippen molar-refractivity contribution in [2.75, 3.05) is 0 Å². The third kappa shape index (κ3) is 3.34. The lowest BCUT2D eigenvalue weighted by Crippen LogP contribution is -1.58. The molecule has 1 aromatic rings. The summed E-state index contributed by atoms with van der Waals surface area (Å²) in [5, 5.41) is 0. The summed E-state index contributed by atoms with van der Waals surface area (Å²) in [6.45, 7) is 4.00. The minimum absolute atomic E-state index is 0.150. The average Bonchev–Trinajstić information content (AvgIpc) is 1.91. The maximum atomic E-state index is 6.90. The number of aromatic nitrogens is 1. The standard InChI is InChI=1S/C5H5N.C2H6/c1-2-4-6-5-3-1;1-2/h1-5H;1-2H3/i4T,5T;. The van der Waals surface area contributed by atoms with E-state index < -0.39 is 0 Å². The highest BCUT2D eigenvalue weighted by Gasteiger charge is 1.58. The molecule has 1 heteroatoms. The van der Waals surface area contributed by atoms with E-state index in [4.69, 9.17) is 2.74 Å². The molecule has 0 spiro atoms. The van der Waals surface area contributed by atoms with E-state index in [1.807, 2.05) is 13.8 Å². The molecule has 0 radical (unpaired) electrons. The van der Waals surface area contributed by atoms with Gasteiger partial charge in [0, 0.05) is 12.3 Å². The van der Waals surface area contributed by atoms with E-state index >= 15 is 0 Å². The lowest BCUT2D eigenvalue weighted by atomic mass is 10.5. The van der Waals surface area contributed by atoms with Gasteiger partial charge >= 0.3 is 0 Å². The smallest absolute Gasteiger partial charge is 0.0840 e. The first-order valence-corrected chi connectivity index (χ1v) is 2.69. The van der Waals surface area contributed by atoms with E-state index in [9.17, 15) is 0 Å². The van der Waals surface area contributed by atoms with Crippen molar-refractivity contribution in [3.63, 3.8) is 0 Å². The number of hydrogen-bond acceptors (Lipinski definition) is 1. The van der Waals surface area contributed by atoms with E-state index in [2.05, 4.69) is 4.98 Å². The summed E-state index contributed by atoms with van der Waals surface area (Å²) in [5.41, 5.74) is 0. The van der Waals surface area contributed by atoms with Crippen LogP contribution in [-0.2, 0) is 0 Å². The van der Waals surface area contributed by atoms with Gasteiger partial charge in [0.1, 0.15) is 0 Å². The van der Waals surface area contributed by atoms with Crippen LogP contribution in [-0.4, -0.2) is 4.98 Å². The molecule has 1 heterocycles. The Hall–Kier alpha value is -0.850. The van der Waals surface area contributed by atoms with Gasteiger partial charge in [-0.05, 0) is 12.1 Å². The van der Waals surface area contributed by atoms with E-state index in [0.29, 0.717) is 0 Å². The van der Waals surface area contributed by atoms with Crippen molar-refractivity contribution in [1.82, 2.24) is 4.98 Å². The van der Waals surface area contributed by atoms with Gasteiger partial charge in [-0.25, -0.2) is 0 Å². The molecule has 0 saturated carbocycles. The number of hydrogen-bond donors (Lipinski definition) is 0. The Morgan fingerprint density at radius 1 is 1.12 bits per heavy atom. The summed E-state index contributed by atoms with van der Waals surface area (Å²) in [5.74, 6) is 0. The second-order valence-corrected chi connectivity index (χ2v) is 0.896. The van der Waals surface area contributed by atoms with Crippen LogP contribution in [0.2, 0.25) is 0 Å². The zero-order chi connectivity index (χ0) is 7.98. The Morgan fingerprint density at radius 3 is 1.88 bits per heavy atom. The highest BCUT2D eigenvalue weighted by Crippen LogP contribution is 1.73. The molecule has 0 aliphatic heterocycles. The molecule has 0 N–H and O–H groups in total. The second-order valence-electron chi connectivity index (χ2n) is 0.896.